The molecule has 17 heavy (non-hydrogen) atoms. The normalized spacial score (nSPS) is 13.1. The third-order valence-electron chi connectivity index (χ3n) is 2.05. The van der Waals surface area contributed by atoms with Crippen molar-refractivity contribution in [3.05, 3.63) is 18.3 Å². The van der Waals surface area contributed by atoms with E-state index in [2.05, 4.69) is 15.0 Å². The van der Waals surface area contributed by atoms with Crippen LogP contribution in [0.25, 0.3) is 0 Å². The molecule has 0 aliphatic heterocycles. The highest BCUT2D eigenvalue weighted by Crippen LogP contribution is 2.10. The van der Waals surface area contributed by atoms with Gasteiger partial charge in [0.1, 0.15) is 16.8 Å². The summed E-state index contributed by atoms with van der Waals surface area (Å²) in [5.74, 6) is -0.714. The molecule has 0 aromatic carbocycles. The lowest BCUT2D eigenvalue weighted by Gasteiger charge is -2.10. The van der Waals surface area contributed by atoms with Gasteiger partial charge in [-0.05, 0) is 26.1 Å². The minimum atomic E-state index is -3.52. The van der Waals surface area contributed by atoms with Crippen molar-refractivity contribution >= 4 is 21.8 Å². The summed E-state index contributed by atoms with van der Waals surface area (Å²) >= 11 is 0. The van der Waals surface area contributed by atoms with E-state index < -0.39 is 22.0 Å². The van der Waals surface area contributed by atoms with Crippen molar-refractivity contribution in [2.75, 3.05) is 12.4 Å². The number of hydrogen-bond acceptors (Lipinski definition) is 5. The zero-order valence-corrected chi connectivity index (χ0v) is 10.2. The maximum Gasteiger partial charge on any atom is 0.325 e. The molecule has 0 unspecified atom stereocenters. The van der Waals surface area contributed by atoms with Gasteiger partial charge in [-0.2, -0.15) is 0 Å². The van der Waals surface area contributed by atoms with Crippen LogP contribution in [-0.4, -0.2) is 37.6 Å². The molecule has 0 fully saturated rings. The zero-order chi connectivity index (χ0) is 13.1. The summed E-state index contributed by atoms with van der Waals surface area (Å²) in [6.07, 6.45) is 1.16. The highest BCUT2D eigenvalue weighted by atomic mass is 32.2. The Kier molecular flexibility index (Phi) is 4.02. The average molecular weight is 259 g/mol. The van der Waals surface area contributed by atoms with Gasteiger partial charge in [0.15, 0.2) is 0 Å². The molecule has 0 amide bonds. The van der Waals surface area contributed by atoms with Crippen molar-refractivity contribution < 1.29 is 18.3 Å². The largest absolute Gasteiger partial charge is 0.480 e. The Hall–Kier alpha value is -1.67. The smallest absolute Gasteiger partial charge is 0.325 e. The number of sulfonamides is 1. The molecule has 1 atom stereocenters. The summed E-state index contributed by atoms with van der Waals surface area (Å²) in [5.41, 5.74) is 0. The van der Waals surface area contributed by atoms with Crippen LogP contribution in [0.5, 0.6) is 0 Å². The van der Waals surface area contributed by atoms with Gasteiger partial charge in [-0.25, -0.2) is 18.1 Å². The van der Waals surface area contributed by atoms with Gasteiger partial charge in [0.25, 0.3) is 0 Å². The van der Waals surface area contributed by atoms with Gasteiger partial charge in [0.05, 0.1) is 0 Å². The van der Waals surface area contributed by atoms with Crippen LogP contribution in [0.3, 0.4) is 0 Å². The molecule has 1 aromatic heterocycles. The number of carboxylic acids is 1. The third kappa shape index (κ3) is 3.40. The highest BCUT2D eigenvalue weighted by molar-refractivity contribution is 7.89. The molecule has 3 N–H and O–H groups in total. The second kappa shape index (κ2) is 5.11. The zero-order valence-electron chi connectivity index (χ0n) is 9.34. The van der Waals surface area contributed by atoms with Crippen LogP contribution in [0, 0.1) is 0 Å². The molecular formula is C9H13N3O4S. The molecule has 0 saturated carbocycles. The van der Waals surface area contributed by atoms with E-state index in [1.54, 1.807) is 0 Å². The van der Waals surface area contributed by atoms with Crippen molar-refractivity contribution in [2.24, 2.45) is 0 Å². The van der Waals surface area contributed by atoms with Crippen LogP contribution in [0.15, 0.2) is 23.2 Å². The first kappa shape index (κ1) is 13.4. The number of pyridine rings is 1. The second-order valence-electron chi connectivity index (χ2n) is 3.29. The summed E-state index contributed by atoms with van der Waals surface area (Å²) in [5, 5.41) is 11.3. The van der Waals surface area contributed by atoms with Crippen molar-refractivity contribution in [3.63, 3.8) is 0 Å². The van der Waals surface area contributed by atoms with Crippen molar-refractivity contribution in [1.29, 1.82) is 0 Å². The maximum absolute atomic E-state index is 11.4. The van der Waals surface area contributed by atoms with Gasteiger partial charge in [-0.3, -0.25) is 4.79 Å². The van der Waals surface area contributed by atoms with E-state index in [1.807, 2.05) is 0 Å². The lowest BCUT2D eigenvalue weighted by Crippen LogP contribution is -2.26. The molecule has 0 bridgehead atoms. The van der Waals surface area contributed by atoms with Gasteiger partial charge in [0, 0.05) is 6.20 Å². The number of rotatable bonds is 5. The summed E-state index contributed by atoms with van der Waals surface area (Å²) in [6, 6.07) is 1.95. The fourth-order valence-electron chi connectivity index (χ4n) is 1.03. The van der Waals surface area contributed by atoms with Crippen molar-refractivity contribution in [3.8, 4) is 0 Å². The predicted molar refractivity (Wildman–Crippen MR) is 61.2 cm³/mol. The molecular weight excluding hydrogens is 246 g/mol. The van der Waals surface area contributed by atoms with Gasteiger partial charge in [-0.1, -0.05) is 0 Å². The fraction of sp³-hybridized carbons (Fsp3) is 0.333. The molecule has 0 aliphatic carbocycles. The highest BCUT2D eigenvalue weighted by Gasteiger charge is 2.13. The first-order valence-corrected chi connectivity index (χ1v) is 6.24. The number of carbonyl (C=O) groups is 1. The predicted octanol–water partition coefficient (Wildman–Crippen LogP) is -0.125. The SMILES string of the molecule is CNS(=O)(=O)c1ccc(N[C@@H](C)C(=O)O)nc1. The third-order valence-corrected chi connectivity index (χ3v) is 3.45. The Morgan fingerprint density at radius 2 is 2.12 bits per heavy atom. The summed E-state index contributed by atoms with van der Waals surface area (Å²) in [6.45, 7) is 1.46. The Morgan fingerprint density at radius 1 is 1.47 bits per heavy atom. The lowest BCUT2D eigenvalue weighted by atomic mass is 10.3. The number of hydrogen-bond donors (Lipinski definition) is 3. The fourth-order valence-corrected chi connectivity index (χ4v) is 1.70. The minimum absolute atomic E-state index is 0.0218. The summed E-state index contributed by atoms with van der Waals surface area (Å²) < 4.78 is 24.9. The number of anilines is 1. The Balaban J connectivity index is 2.86. The van der Waals surface area contributed by atoms with E-state index in [9.17, 15) is 13.2 Å². The first-order valence-electron chi connectivity index (χ1n) is 4.76. The maximum atomic E-state index is 11.4. The second-order valence-corrected chi connectivity index (χ2v) is 5.18. The Morgan fingerprint density at radius 3 is 2.53 bits per heavy atom. The van der Waals surface area contributed by atoms with E-state index in [0.29, 0.717) is 5.82 Å². The molecule has 0 radical (unpaired) electrons. The van der Waals surface area contributed by atoms with Gasteiger partial charge in [0.2, 0.25) is 10.0 Å². The van der Waals surface area contributed by atoms with Crippen LogP contribution < -0.4 is 10.0 Å². The van der Waals surface area contributed by atoms with Crippen molar-refractivity contribution in [1.82, 2.24) is 9.71 Å². The first-order chi connectivity index (χ1) is 7.86. The minimum Gasteiger partial charge on any atom is -0.480 e. The molecule has 1 heterocycles. The summed E-state index contributed by atoms with van der Waals surface area (Å²) in [4.78, 5) is 14.4. The van der Waals surface area contributed by atoms with Crippen LogP contribution in [0.2, 0.25) is 0 Å². The van der Waals surface area contributed by atoms with Crippen LogP contribution in [-0.2, 0) is 14.8 Å². The van der Waals surface area contributed by atoms with Crippen LogP contribution in [0.1, 0.15) is 6.92 Å². The molecule has 0 aliphatic rings. The van der Waals surface area contributed by atoms with Gasteiger partial charge < -0.3 is 10.4 Å². The summed E-state index contributed by atoms with van der Waals surface area (Å²) in [7, 11) is -2.22. The number of aliphatic carboxylic acids is 1. The van der Waals surface area contributed by atoms with E-state index in [-0.39, 0.29) is 4.90 Å². The topological polar surface area (TPSA) is 108 Å². The molecule has 0 spiro atoms. The van der Waals surface area contributed by atoms with E-state index >= 15 is 0 Å². The Bertz CT molecular complexity index is 497. The standard InChI is InChI=1S/C9H13N3O4S/c1-6(9(13)14)12-8-4-3-7(5-11-8)17(15,16)10-2/h3-6,10H,1-2H3,(H,11,12)(H,13,14)/t6-/m0/s1. The molecule has 8 heteroatoms. The number of nitrogens with one attached hydrogen (secondary N) is 2. The Labute approximate surface area is 98.9 Å². The number of aromatic nitrogens is 1. The number of carboxylic acid groups (broad SMARTS) is 1. The van der Waals surface area contributed by atoms with E-state index in [0.717, 1.165) is 6.20 Å². The van der Waals surface area contributed by atoms with Crippen LogP contribution >= 0.6 is 0 Å². The molecule has 0 saturated heterocycles. The molecule has 94 valence electrons. The molecule has 7 nitrogen and oxygen atoms in total. The van der Waals surface area contributed by atoms with E-state index in [4.69, 9.17) is 5.11 Å². The number of nitrogens with zero attached hydrogens (tertiary/aromatic N) is 1. The molecule has 1 aromatic rings. The van der Waals surface area contributed by atoms with Crippen LogP contribution in [0.4, 0.5) is 5.82 Å². The van der Waals surface area contributed by atoms with Crippen molar-refractivity contribution in [2.45, 2.75) is 17.9 Å². The van der Waals surface area contributed by atoms with Gasteiger partial charge in [-0.15, -0.1) is 0 Å². The van der Waals surface area contributed by atoms with E-state index in [1.165, 1.54) is 26.1 Å². The average Bonchev–Trinajstić information content (AvgIpc) is 2.29. The van der Waals surface area contributed by atoms with Gasteiger partial charge >= 0.3 is 5.97 Å². The monoisotopic (exact) mass is 259 g/mol. The molecule has 1 rings (SSSR count). The quantitative estimate of drug-likeness (QED) is 0.680. The lowest BCUT2D eigenvalue weighted by molar-refractivity contribution is -0.137.